The molecule has 0 aliphatic carbocycles. The molecular weight excluding hydrogens is 232 g/mol. The average Bonchev–Trinajstić information content (AvgIpc) is 2.87. The van der Waals surface area contributed by atoms with Crippen LogP contribution < -0.4 is 14.8 Å². The van der Waals surface area contributed by atoms with Crippen molar-refractivity contribution in [1.29, 1.82) is 0 Å². The van der Waals surface area contributed by atoms with Crippen LogP contribution in [-0.4, -0.2) is 35.3 Å². The molecule has 6 heteroatoms. The first kappa shape index (κ1) is 11.0. The number of hydrogen-bond donors (Lipinski definition) is 1. The van der Waals surface area contributed by atoms with Crippen molar-refractivity contribution in [2.75, 3.05) is 20.3 Å². The highest BCUT2D eigenvalue weighted by atomic mass is 16.6. The van der Waals surface area contributed by atoms with Gasteiger partial charge in [-0.1, -0.05) is 5.21 Å². The van der Waals surface area contributed by atoms with Crippen molar-refractivity contribution in [2.45, 2.75) is 6.54 Å². The molecule has 1 aliphatic heterocycles. The van der Waals surface area contributed by atoms with E-state index in [4.69, 9.17) is 9.47 Å². The number of nitrogens with zero attached hydrogens (tertiary/aromatic N) is 3. The van der Waals surface area contributed by atoms with E-state index in [1.807, 2.05) is 31.4 Å². The highest BCUT2D eigenvalue weighted by Crippen LogP contribution is 2.31. The fourth-order valence-electron chi connectivity index (χ4n) is 1.86. The summed E-state index contributed by atoms with van der Waals surface area (Å²) in [5.41, 5.74) is 1.81. The zero-order valence-corrected chi connectivity index (χ0v) is 10.1. The summed E-state index contributed by atoms with van der Waals surface area (Å²) in [7, 11) is 1.88. The van der Waals surface area contributed by atoms with Gasteiger partial charge in [0, 0.05) is 12.6 Å². The molecule has 0 atom stereocenters. The first-order valence-electron chi connectivity index (χ1n) is 5.82. The first-order chi connectivity index (χ1) is 8.86. The van der Waals surface area contributed by atoms with Crippen molar-refractivity contribution < 1.29 is 9.47 Å². The Morgan fingerprint density at radius 3 is 2.94 bits per heavy atom. The van der Waals surface area contributed by atoms with Crippen molar-refractivity contribution in [3.05, 3.63) is 30.1 Å². The summed E-state index contributed by atoms with van der Waals surface area (Å²) in [5.74, 6) is 1.53. The van der Waals surface area contributed by atoms with Gasteiger partial charge in [0.1, 0.15) is 13.2 Å². The molecule has 0 saturated heterocycles. The van der Waals surface area contributed by atoms with Crippen LogP contribution in [0.3, 0.4) is 0 Å². The summed E-state index contributed by atoms with van der Waals surface area (Å²) in [6.07, 6.45) is 1.89. The van der Waals surface area contributed by atoms with E-state index >= 15 is 0 Å². The Kier molecular flexibility index (Phi) is 2.85. The fourth-order valence-corrected chi connectivity index (χ4v) is 1.86. The number of nitrogens with one attached hydrogen (secondary N) is 1. The highest BCUT2D eigenvalue weighted by molar-refractivity contribution is 5.49. The number of rotatable bonds is 3. The van der Waals surface area contributed by atoms with Crippen molar-refractivity contribution in [3.8, 4) is 17.2 Å². The second-order valence-corrected chi connectivity index (χ2v) is 4.01. The molecule has 2 heterocycles. The van der Waals surface area contributed by atoms with Gasteiger partial charge < -0.3 is 14.8 Å². The standard InChI is InChI=1S/C12H14N4O2/c1-13-7-9-8-16(15-14-9)10-2-3-11-12(6-10)18-5-4-17-11/h2-3,6,8,13H,4-5,7H2,1H3. The third-order valence-corrected chi connectivity index (χ3v) is 2.69. The van der Waals surface area contributed by atoms with Gasteiger partial charge in [-0.25, -0.2) is 4.68 Å². The van der Waals surface area contributed by atoms with E-state index in [9.17, 15) is 0 Å². The van der Waals surface area contributed by atoms with Gasteiger partial charge in [-0.15, -0.1) is 5.10 Å². The number of ether oxygens (including phenoxy) is 2. The van der Waals surface area contributed by atoms with Crippen molar-refractivity contribution in [2.24, 2.45) is 0 Å². The molecule has 0 radical (unpaired) electrons. The van der Waals surface area contributed by atoms with Gasteiger partial charge in [0.15, 0.2) is 11.5 Å². The lowest BCUT2D eigenvalue weighted by Gasteiger charge is -2.18. The number of fused-ring (bicyclic) bond motifs is 1. The van der Waals surface area contributed by atoms with Gasteiger partial charge in [-0.05, 0) is 19.2 Å². The van der Waals surface area contributed by atoms with Crippen molar-refractivity contribution in [3.63, 3.8) is 0 Å². The van der Waals surface area contributed by atoms with Crippen LogP contribution in [0, 0.1) is 0 Å². The molecule has 2 aromatic rings. The number of hydrogen-bond acceptors (Lipinski definition) is 5. The second kappa shape index (κ2) is 4.66. The van der Waals surface area contributed by atoms with Crippen LogP contribution in [0.1, 0.15) is 5.69 Å². The van der Waals surface area contributed by atoms with E-state index in [1.165, 1.54) is 0 Å². The molecule has 0 saturated carbocycles. The lowest BCUT2D eigenvalue weighted by atomic mass is 10.2. The minimum Gasteiger partial charge on any atom is -0.486 e. The van der Waals surface area contributed by atoms with E-state index in [2.05, 4.69) is 15.6 Å². The maximum absolute atomic E-state index is 5.54. The Hall–Kier alpha value is -2.08. The maximum Gasteiger partial charge on any atom is 0.163 e. The van der Waals surface area contributed by atoms with Gasteiger partial charge in [-0.2, -0.15) is 0 Å². The largest absolute Gasteiger partial charge is 0.486 e. The van der Waals surface area contributed by atoms with Crippen LogP contribution in [0.15, 0.2) is 24.4 Å². The Bertz CT molecular complexity index is 553. The van der Waals surface area contributed by atoms with Gasteiger partial charge in [0.2, 0.25) is 0 Å². The molecule has 0 unspecified atom stereocenters. The lowest BCUT2D eigenvalue weighted by molar-refractivity contribution is 0.171. The van der Waals surface area contributed by atoms with Gasteiger partial charge in [-0.3, -0.25) is 0 Å². The van der Waals surface area contributed by atoms with E-state index in [0.29, 0.717) is 19.8 Å². The minimum atomic E-state index is 0.582. The normalized spacial score (nSPS) is 13.6. The summed E-state index contributed by atoms with van der Waals surface area (Å²) in [4.78, 5) is 0. The molecule has 1 N–H and O–H groups in total. The van der Waals surface area contributed by atoms with E-state index in [0.717, 1.165) is 22.9 Å². The van der Waals surface area contributed by atoms with Gasteiger partial charge in [0.25, 0.3) is 0 Å². The number of aromatic nitrogens is 3. The quantitative estimate of drug-likeness (QED) is 0.866. The van der Waals surface area contributed by atoms with Crippen LogP contribution in [0.25, 0.3) is 5.69 Å². The molecule has 1 aromatic heterocycles. The summed E-state index contributed by atoms with van der Waals surface area (Å²) in [5, 5.41) is 11.2. The molecule has 1 aromatic carbocycles. The zero-order chi connectivity index (χ0) is 12.4. The lowest BCUT2D eigenvalue weighted by Crippen LogP contribution is -2.15. The topological polar surface area (TPSA) is 61.2 Å². The smallest absolute Gasteiger partial charge is 0.163 e. The Balaban J connectivity index is 1.91. The highest BCUT2D eigenvalue weighted by Gasteiger charge is 2.13. The molecule has 3 rings (SSSR count). The second-order valence-electron chi connectivity index (χ2n) is 4.01. The van der Waals surface area contributed by atoms with E-state index in [-0.39, 0.29) is 0 Å². The molecule has 94 valence electrons. The minimum absolute atomic E-state index is 0.582. The molecule has 1 aliphatic rings. The third-order valence-electron chi connectivity index (χ3n) is 2.69. The summed E-state index contributed by atoms with van der Waals surface area (Å²) in [6.45, 7) is 1.88. The predicted octanol–water partition coefficient (Wildman–Crippen LogP) is 0.758. The average molecular weight is 246 g/mol. The number of benzene rings is 1. The molecule has 0 fully saturated rings. The fraction of sp³-hybridized carbons (Fsp3) is 0.333. The third kappa shape index (κ3) is 2.02. The zero-order valence-electron chi connectivity index (χ0n) is 10.1. The molecule has 18 heavy (non-hydrogen) atoms. The van der Waals surface area contributed by atoms with Gasteiger partial charge in [0.05, 0.1) is 17.6 Å². The predicted molar refractivity (Wildman–Crippen MR) is 65.1 cm³/mol. The summed E-state index contributed by atoms with van der Waals surface area (Å²) >= 11 is 0. The van der Waals surface area contributed by atoms with Gasteiger partial charge >= 0.3 is 0 Å². The maximum atomic E-state index is 5.54. The first-order valence-corrected chi connectivity index (χ1v) is 5.82. The molecule has 0 amide bonds. The molecular formula is C12H14N4O2. The molecule has 0 spiro atoms. The van der Waals surface area contributed by atoms with Crippen LogP contribution in [0.5, 0.6) is 11.5 Å². The Morgan fingerprint density at radius 1 is 1.28 bits per heavy atom. The van der Waals surface area contributed by atoms with Crippen LogP contribution in [0.2, 0.25) is 0 Å². The Morgan fingerprint density at radius 2 is 2.11 bits per heavy atom. The van der Waals surface area contributed by atoms with Crippen LogP contribution >= 0.6 is 0 Å². The summed E-state index contributed by atoms with van der Waals surface area (Å²) in [6, 6.07) is 5.74. The Labute approximate surface area is 105 Å². The summed E-state index contributed by atoms with van der Waals surface area (Å²) < 4.78 is 12.7. The molecule has 0 bridgehead atoms. The SMILES string of the molecule is CNCc1cn(-c2ccc3c(c2)OCCO3)nn1. The molecule has 6 nitrogen and oxygen atoms in total. The van der Waals surface area contributed by atoms with Crippen LogP contribution in [-0.2, 0) is 6.54 Å². The van der Waals surface area contributed by atoms with Crippen molar-refractivity contribution >= 4 is 0 Å². The van der Waals surface area contributed by atoms with Crippen molar-refractivity contribution in [1.82, 2.24) is 20.3 Å². The van der Waals surface area contributed by atoms with E-state index in [1.54, 1.807) is 4.68 Å². The monoisotopic (exact) mass is 246 g/mol. The van der Waals surface area contributed by atoms with Crippen LogP contribution in [0.4, 0.5) is 0 Å². The van der Waals surface area contributed by atoms with E-state index < -0.39 is 0 Å².